The zero-order valence-electron chi connectivity index (χ0n) is 18.9. The fourth-order valence-electron chi connectivity index (χ4n) is 4.20. The standard InChI is InChI=1S/C21H21ClFN3O5.C2H6/c1-3-25-19(30)15-17(28)16(27)12(10-26(15)21(7-8-21)20(25)31-2)18(29)24-9-11-5-4-6-13(22)14(11)23;1-2/h4-6,10,20,28H,3,7-9H2,1-2H3,(H,24,29);1-2H3. The number of carbonyl (C=O) groups excluding carboxylic acids is 2. The minimum atomic E-state index is -0.966. The summed E-state index contributed by atoms with van der Waals surface area (Å²) in [4.78, 5) is 39.9. The molecule has 10 heteroatoms. The molecule has 1 aromatic carbocycles. The number of likely N-dealkylation sites (N-methyl/N-ethyl adjacent to an activating group) is 1. The second-order valence-corrected chi connectivity index (χ2v) is 8.02. The van der Waals surface area contributed by atoms with Gasteiger partial charge in [0.25, 0.3) is 11.8 Å². The second kappa shape index (κ2) is 9.52. The van der Waals surface area contributed by atoms with Gasteiger partial charge in [0.15, 0.2) is 17.7 Å². The molecule has 4 rings (SSSR count). The van der Waals surface area contributed by atoms with E-state index in [4.69, 9.17) is 16.3 Å². The van der Waals surface area contributed by atoms with Gasteiger partial charge >= 0.3 is 0 Å². The van der Waals surface area contributed by atoms with Gasteiger partial charge in [0.1, 0.15) is 11.4 Å². The number of carbonyl (C=O) groups is 2. The zero-order valence-corrected chi connectivity index (χ0v) is 19.7. The molecule has 0 bridgehead atoms. The summed E-state index contributed by atoms with van der Waals surface area (Å²) in [6.07, 6.45) is 2.00. The monoisotopic (exact) mass is 479 g/mol. The van der Waals surface area contributed by atoms with E-state index in [1.165, 1.54) is 34.9 Å². The first-order valence-electron chi connectivity index (χ1n) is 10.8. The molecular weight excluding hydrogens is 453 g/mol. The summed E-state index contributed by atoms with van der Waals surface area (Å²) in [5.74, 6) is -2.80. The van der Waals surface area contributed by atoms with Crippen LogP contribution in [-0.2, 0) is 16.8 Å². The van der Waals surface area contributed by atoms with E-state index in [0.717, 1.165) is 0 Å². The Morgan fingerprint density at radius 3 is 2.58 bits per heavy atom. The molecular formula is C23H27ClFN3O5. The van der Waals surface area contributed by atoms with Crippen LogP contribution in [0.1, 0.15) is 60.0 Å². The first kappa shape index (κ1) is 24.7. The molecule has 178 valence electrons. The molecule has 1 unspecified atom stereocenters. The third-order valence-electron chi connectivity index (χ3n) is 5.91. The van der Waals surface area contributed by atoms with Gasteiger partial charge in [-0.2, -0.15) is 0 Å². The molecule has 1 aromatic heterocycles. The summed E-state index contributed by atoms with van der Waals surface area (Å²) in [5.41, 5.74) is -1.98. The number of hydrogen-bond acceptors (Lipinski definition) is 5. The third-order valence-corrected chi connectivity index (χ3v) is 6.20. The average molecular weight is 480 g/mol. The van der Waals surface area contributed by atoms with Crippen molar-refractivity contribution in [3.05, 3.63) is 62.3 Å². The topological polar surface area (TPSA) is 101 Å². The Kier molecular flexibility index (Phi) is 7.14. The van der Waals surface area contributed by atoms with Gasteiger partial charge in [0.2, 0.25) is 5.43 Å². The lowest BCUT2D eigenvalue weighted by Crippen LogP contribution is -2.56. The Hall–Kier alpha value is -2.91. The number of ether oxygens (including phenoxy) is 1. The van der Waals surface area contributed by atoms with Crippen LogP contribution in [0, 0.1) is 5.82 Å². The molecule has 33 heavy (non-hydrogen) atoms. The van der Waals surface area contributed by atoms with Gasteiger partial charge in [-0.1, -0.05) is 37.6 Å². The molecule has 2 amide bonds. The average Bonchev–Trinajstić information content (AvgIpc) is 3.61. The molecule has 2 heterocycles. The number of hydrogen-bond donors (Lipinski definition) is 2. The van der Waals surface area contributed by atoms with Crippen LogP contribution in [-0.4, -0.2) is 46.3 Å². The van der Waals surface area contributed by atoms with Crippen LogP contribution in [0.5, 0.6) is 5.75 Å². The maximum absolute atomic E-state index is 14.1. The summed E-state index contributed by atoms with van der Waals surface area (Å²) in [6, 6.07) is 4.38. The maximum Gasteiger partial charge on any atom is 0.276 e. The SMILES string of the molecule is CC.CCN1C(=O)c2c(O)c(=O)c(C(=O)NCc3cccc(Cl)c3F)cn2C2(CC2)C1OC. The Morgan fingerprint density at radius 2 is 2.00 bits per heavy atom. The van der Waals surface area contributed by atoms with Crippen molar-refractivity contribution in [2.45, 2.75) is 51.9 Å². The summed E-state index contributed by atoms with van der Waals surface area (Å²) >= 11 is 5.75. The van der Waals surface area contributed by atoms with Crippen LogP contribution < -0.4 is 10.7 Å². The van der Waals surface area contributed by atoms with Crippen LogP contribution in [0.25, 0.3) is 0 Å². The van der Waals surface area contributed by atoms with E-state index in [1.807, 2.05) is 13.8 Å². The van der Waals surface area contributed by atoms with Gasteiger partial charge in [0.05, 0.1) is 10.6 Å². The minimum absolute atomic E-state index is 0.0847. The van der Waals surface area contributed by atoms with E-state index in [2.05, 4.69) is 5.32 Å². The first-order valence-corrected chi connectivity index (χ1v) is 11.2. The Balaban J connectivity index is 0.00000149. The number of fused-ring (bicyclic) bond motifs is 2. The number of pyridine rings is 1. The predicted octanol–water partition coefficient (Wildman–Crippen LogP) is 3.24. The number of methoxy groups -OCH3 is 1. The van der Waals surface area contributed by atoms with Crippen molar-refractivity contribution in [3.8, 4) is 5.75 Å². The Labute approximate surface area is 195 Å². The van der Waals surface area contributed by atoms with Crippen molar-refractivity contribution < 1.29 is 23.8 Å². The van der Waals surface area contributed by atoms with Crippen LogP contribution in [0.3, 0.4) is 0 Å². The van der Waals surface area contributed by atoms with Crippen molar-refractivity contribution in [2.75, 3.05) is 13.7 Å². The highest BCUT2D eigenvalue weighted by molar-refractivity contribution is 6.30. The molecule has 0 saturated heterocycles. The maximum atomic E-state index is 14.1. The van der Waals surface area contributed by atoms with Gasteiger partial charge in [-0.15, -0.1) is 0 Å². The van der Waals surface area contributed by atoms with Crippen molar-refractivity contribution in [3.63, 3.8) is 0 Å². The molecule has 8 nitrogen and oxygen atoms in total. The molecule has 1 aliphatic carbocycles. The summed E-state index contributed by atoms with van der Waals surface area (Å²) in [5, 5.41) is 13.0. The van der Waals surface area contributed by atoms with Crippen LogP contribution in [0.4, 0.5) is 4.39 Å². The summed E-state index contributed by atoms with van der Waals surface area (Å²) in [6.45, 7) is 5.91. The highest BCUT2D eigenvalue weighted by atomic mass is 35.5. The Bertz CT molecular complexity index is 1150. The van der Waals surface area contributed by atoms with E-state index in [-0.39, 0.29) is 28.4 Å². The van der Waals surface area contributed by atoms with Crippen LogP contribution >= 0.6 is 11.6 Å². The quantitative estimate of drug-likeness (QED) is 0.685. The van der Waals surface area contributed by atoms with Gasteiger partial charge in [-0.3, -0.25) is 14.4 Å². The van der Waals surface area contributed by atoms with E-state index < -0.39 is 40.6 Å². The molecule has 1 fully saturated rings. The van der Waals surface area contributed by atoms with Crippen molar-refractivity contribution >= 4 is 23.4 Å². The summed E-state index contributed by atoms with van der Waals surface area (Å²) in [7, 11) is 1.49. The van der Waals surface area contributed by atoms with Crippen molar-refractivity contribution in [2.24, 2.45) is 0 Å². The van der Waals surface area contributed by atoms with Gasteiger partial charge in [0, 0.05) is 32.0 Å². The number of aromatic hydroxyl groups is 1. The van der Waals surface area contributed by atoms with Gasteiger partial charge in [-0.25, -0.2) is 4.39 Å². The highest BCUT2D eigenvalue weighted by Gasteiger charge is 2.59. The minimum Gasteiger partial charge on any atom is -0.503 e. The van der Waals surface area contributed by atoms with Gasteiger partial charge < -0.3 is 24.6 Å². The number of benzene rings is 1. The third kappa shape index (κ3) is 4.00. The molecule has 1 aliphatic heterocycles. The van der Waals surface area contributed by atoms with Crippen LogP contribution in [0.15, 0.2) is 29.2 Å². The largest absolute Gasteiger partial charge is 0.503 e. The lowest BCUT2D eigenvalue weighted by molar-refractivity contribution is -0.0694. The zero-order chi connectivity index (χ0) is 24.5. The number of amides is 2. The molecule has 2 N–H and O–H groups in total. The second-order valence-electron chi connectivity index (χ2n) is 7.62. The number of nitrogens with zero attached hydrogens (tertiary/aromatic N) is 2. The lowest BCUT2D eigenvalue weighted by atomic mass is 10.0. The number of nitrogens with one attached hydrogen (secondary N) is 1. The van der Waals surface area contributed by atoms with Crippen LogP contribution in [0.2, 0.25) is 5.02 Å². The van der Waals surface area contributed by atoms with E-state index in [0.29, 0.717) is 19.4 Å². The smallest absolute Gasteiger partial charge is 0.276 e. The van der Waals surface area contributed by atoms with Crippen molar-refractivity contribution in [1.82, 2.24) is 14.8 Å². The van der Waals surface area contributed by atoms with E-state index in [9.17, 15) is 23.9 Å². The Morgan fingerprint density at radius 1 is 1.33 bits per heavy atom. The highest BCUT2D eigenvalue weighted by Crippen LogP contribution is 2.52. The van der Waals surface area contributed by atoms with Crippen molar-refractivity contribution in [1.29, 1.82) is 0 Å². The fraction of sp³-hybridized carbons (Fsp3) is 0.435. The predicted molar refractivity (Wildman–Crippen MR) is 121 cm³/mol. The molecule has 2 aromatic rings. The van der Waals surface area contributed by atoms with E-state index >= 15 is 0 Å². The molecule has 1 spiro atoms. The first-order chi connectivity index (χ1) is 15.8. The normalized spacial score (nSPS) is 17.8. The lowest BCUT2D eigenvalue weighted by Gasteiger charge is -2.42. The fourth-order valence-corrected chi connectivity index (χ4v) is 4.39. The number of aromatic nitrogens is 1. The van der Waals surface area contributed by atoms with Gasteiger partial charge in [-0.05, 0) is 25.8 Å². The summed E-state index contributed by atoms with van der Waals surface area (Å²) < 4.78 is 21.1. The molecule has 2 aliphatic rings. The molecule has 0 radical (unpaired) electrons. The molecule has 1 saturated carbocycles. The number of halogens is 2. The van der Waals surface area contributed by atoms with E-state index in [1.54, 1.807) is 13.0 Å². The number of rotatable bonds is 5. The molecule has 1 atom stereocenters.